The van der Waals surface area contributed by atoms with Gasteiger partial charge in [0.2, 0.25) is 0 Å². The first kappa shape index (κ1) is 13.0. The quantitative estimate of drug-likeness (QED) is 0.480. The predicted octanol–water partition coefficient (Wildman–Crippen LogP) is 3.61. The van der Waals surface area contributed by atoms with Gasteiger partial charge in [0.25, 0.3) is 0 Å². The lowest BCUT2D eigenvalue weighted by Crippen LogP contribution is -2.14. The number of alkyl halides is 1. The number of rotatable bonds is 6. The highest BCUT2D eigenvalue weighted by Crippen LogP contribution is 2.08. The maximum Gasteiger partial charge on any atom is 0.0205 e. The van der Waals surface area contributed by atoms with Crippen molar-refractivity contribution < 1.29 is 0 Å². The van der Waals surface area contributed by atoms with E-state index in [-0.39, 0.29) is 0 Å². The van der Waals surface area contributed by atoms with Crippen LogP contribution in [0.2, 0.25) is 0 Å². The molecule has 0 spiro atoms. The zero-order valence-electron chi connectivity index (χ0n) is 9.65. The van der Waals surface area contributed by atoms with E-state index in [9.17, 15) is 0 Å². The van der Waals surface area contributed by atoms with Gasteiger partial charge in [0.15, 0.2) is 0 Å². The monoisotopic (exact) mass is 317 g/mol. The van der Waals surface area contributed by atoms with E-state index in [4.69, 9.17) is 0 Å². The number of hydrogen-bond acceptors (Lipinski definition) is 1. The molecule has 0 fully saturated rings. The second-order valence-electron chi connectivity index (χ2n) is 4.07. The molecule has 0 atom stereocenters. The van der Waals surface area contributed by atoms with Gasteiger partial charge in [-0.05, 0) is 43.2 Å². The van der Waals surface area contributed by atoms with Crippen molar-refractivity contribution >= 4 is 22.6 Å². The third-order valence-corrected chi connectivity index (χ3v) is 3.11. The second kappa shape index (κ2) is 7.23. The van der Waals surface area contributed by atoms with Crippen LogP contribution in [0.3, 0.4) is 0 Å². The largest absolute Gasteiger partial charge is 0.313 e. The molecule has 0 aliphatic heterocycles. The molecule has 0 unspecified atom stereocenters. The van der Waals surface area contributed by atoms with Crippen LogP contribution in [-0.2, 0) is 6.54 Å². The summed E-state index contributed by atoms with van der Waals surface area (Å²) in [6.45, 7) is 6.46. The molecule has 0 aliphatic carbocycles. The Morgan fingerprint density at radius 1 is 1.07 bits per heavy atom. The van der Waals surface area contributed by atoms with E-state index in [1.165, 1.54) is 34.0 Å². The van der Waals surface area contributed by atoms with E-state index in [2.05, 4.69) is 60.0 Å². The highest BCUT2D eigenvalue weighted by molar-refractivity contribution is 14.1. The van der Waals surface area contributed by atoms with Gasteiger partial charge in [-0.2, -0.15) is 0 Å². The summed E-state index contributed by atoms with van der Waals surface area (Å²) >= 11 is 2.43. The molecule has 0 bridgehead atoms. The number of benzene rings is 1. The summed E-state index contributed by atoms with van der Waals surface area (Å²) in [4.78, 5) is 0. The molecule has 0 aliphatic rings. The van der Waals surface area contributed by atoms with Crippen molar-refractivity contribution in [3.05, 3.63) is 34.9 Å². The summed E-state index contributed by atoms with van der Waals surface area (Å²) in [6, 6.07) is 6.75. The Morgan fingerprint density at radius 2 is 1.73 bits per heavy atom. The summed E-state index contributed by atoms with van der Waals surface area (Å²) < 4.78 is 1.27. The molecule has 0 saturated carbocycles. The SMILES string of the molecule is Cc1cc(C)cc(CNCCCCI)c1. The van der Waals surface area contributed by atoms with Crippen molar-refractivity contribution in [2.45, 2.75) is 33.2 Å². The molecule has 15 heavy (non-hydrogen) atoms. The van der Waals surface area contributed by atoms with Crippen LogP contribution in [-0.4, -0.2) is 11.0 Å². The number of unbranched alkanes of at least 4 members (excludes halogenated alkanes) is 1. The zero-order valence-corrected chi connectivity index (χ0v) is 11.8. The lowest BCUT2D eigenvalue weighted by atomic mass is 10.1. The molecule has 84 valence electrons. The van der Waals surface area contributed by atoms with E-state index in [0.29, 0.717) is 0 Å². The first-order valence-corrected chi connectivity index (χ1v) is 7.09. The summed E-state index contributed by atoms with van der Waals surface area (Å²) in [5.41, 5.74) is 4.13. The average Bonchev–Trinajstić information content (AvgIpc) is 2.16. The van der Waals surface area contributed by atoms with Crippen molar-refractivity contribution in [1.82, 2.24) is 5.32 Å². The summed E-state index contributed by atoms with van der Waals surface area (Å²) in [5.74, 6) is 0. The predicted molar refractivity (Wildman–Crippen MR) is 75.7 cm³/mol. The minimum Gasteiger partial charge on any atom is -0.313 e. The highest BCUT2D eigenvalue weighted by atomic mass is 127. The Morgan fingerprint density at radius 3 is 2.33 bits per heavy atom. The number of aryl methyl sites for hydroxylation is 2. The van der Waals surface area contributed by atoms with Gasteiger partial charge in [-0.1, -0.05) is 51.9 Å². The molecule has 0 saturated heterocycles. The van der Waals surface area contributed by atoms with Crippen LogP contribution in [0.25, 0.3) is 0 Å². The van der Waals surface area contributed by atoms with Crippen molar-refractivity contribution in [2.75, 3.05) is 11.0 Å². The summed E-state index contributed by atoms with van der Waals surface area (Å²) in [6.07, 6.45) is 2.61. The van der Waals surface area contributed by atoms with Gasteiger partial charge in [0.1, 0.15) is 0 Å². The molecule has 1 rings (SSSR count). The van der Waals surface area contributed by atoms with E-state index < -0.39 is 0 Å². The fourth-order valence-corrected chi connectivity index (χ4v) is 2.29. The standard InChI is InChI=1S/C13H20IN/c1-11-7-12(2)9-13(8-11)10-15-6-4-3-5-14/h7-9,15H,3-6,10H2,1-2H3. The maximum atomic E-state index is 3.49. The molecular weight excluding hydrogens is 297 g/mol. The molecule has 0 radical (unpaired) electrons. The van der Waals surface area contributed by atoms with Crippen LogP contribution in [0.5, 0.6) is 0 Å². The van der Waals surface area contributed by atoms with Gasteiger partial charge in [-0.3, -0.25) is 0 Å². The van der Waals surface area contributed by atoms with Crippen LogP contribution in [0.15, 0.2) is 18.2 Å². The fraction of sp³-hybridized carbons (Fsp3) is 0.538. The van der Waals surface area contributed by atoms with E-state index >= 15 is 0 Å². The third kappa shape index (κ3) is 5.52. The third-order valence-electron chi connectivity index (χ3n) is 2.35. The lowest BCUT2D eigenvalue weighted by molar-refractivity contribution is 0.645. The molecule has 1 N–H and O–H groups in total. The molecule has 0 amide bonds. The fourth-order valence-electron chi connectivity index (χ4n) is 1.75. The molecule has 2 heteroatoms. The summed E-state index contributed by atoms with van der Waals surface area (Å²) in [5, 5.41) is 3.49. The lowest BCUT2D eigenvalue weighted by Gasteiger charge is -2.06. The molecule has 1 aromatic rings. The second-order valence-corrected chi connectivity index (χ2v) is 5.15. The van der Waals surface area contributed by atoms with Gasteiger partial charge in [-0.25, -0.2) is 0 Å². The van der Waals surface area contributed by atoms with Gasteiger partial charge >= 0.3 is 0 Å². The normalized spacial score (nSPS) is 10.6. The molecule has 0 aromatic heterocycles. The zero-order chi connectivity index (χ0) is 11.1. The summed E-state index contributed by atoms with van der Waals surface area (Å²) in [7, 11) is 0. The van der Waals surface area contributed by atoms with Crippen LogP contribution in [0.4, 0.5) is 0 Å². The van der Waals surface area contributed by atoms with Crippen molar-refractivity contribution in [2.24, 2.45) is 0 Å². The Labute approximate surface area is 107 Å². The van der Waals surface area contributed by atoms with Crippen LogP contribution in [0.1, 0.15) is 29.5 Å². The van der Waals surface area contributed by atoms with Crippen molar-refractivity contribution in [1.29, 1.82) is 0 Å². The van der Waals surface area contributed by atoms with Crippen LogP contribution in [0, 0.1) is 13.8 Å². The van der Waals surface area contributed by atoms with E-state index in [1.54, 1.807) is 0 Å². The highest BCUT2D eigenvalue weighted by Gasteiger charge is 1.95. The Balaban J connectivity index is 2.31. The van der Waals surface area contributed by atoms with Crippen molar-refractivity contribution in [3.8, 4) is 0 Å². The van der Waals surface area contributed by atoms with E-state index in [1.807, 2.05) is 0 Å². The number of hydrogen-bond donors (Lipinski definition) is 1. The van der Waals surface area contributed by atoms with Gasteiger partial charge in [0, 0.05) is 6.54 Å². The van der Waals surface area contributed by atoms with E-state index in [0.717, 1.165) is 13.1 Å². The van der Waals surface area contributed by atoms with Crippen molar-refractivity contribution in [3.63, 3.8) is 0 Å². The minimum absolute atomic E-state index is 1.00. The number of halogens is 1. The number of nitrogens with one attached hydrogen (secondary N) is 1. The topological polar surface area (TPSA) is 12.0 Å². The molecular formula is C13H20IN. The Kier molecular flexibility index (Phi) is 6.25. The first-order valence-electron chi connectivity index (χ1n) is 5.56. The van der Waals surface area contributed by atoms with Crippen LogP contribution >= 0.6 is 22.6 Å². The van der Waals surface area contributed by atoms with Gasteiger partial charge in [0.05, 0.1) is 0 Å². The van der Waals surface area contributed by atoms with Gasteiger partial charge in [-0.15, -0.1) is 0 Å². The molecule has 0 heterocycles. The smallest absolute Gasteiger partial charge is 0.0205 e. The maximum absolute atomic E-state index is 3.49. The van der Waals surface area contributed by atoms with Gasteiger partial charge < -0.3 is 5.32 Å². The molecule has 1 aromatic carbocycles. The Hall–Kier alpha value is -0.0900. The Bertz CT molecular complexity index is 276. The van der Waals surface area contributed by atoms with Crippen LogP contribution < -0.4 is 5.32 Å². The average molecular weight is 317 g/mol. The first-order chi connectivity index (χ1) is 7.22. The molecule has 1 nitrogen and oxygen atoms in total. The minimum atomic E-state index is 1.00.